The van der Waals surface area contributed by atoms with E-state index in [0.29, 0.717) is 29.0 Å². The van der Waals surface area contributed by atoms with Crippen LogP contribution >= 0.6 is 15.9 Å². The number of hydrogen-bond donors (Lipinski definition) is 1. The molecule has 1 aromatic carbocycles. The number of sulfonamides is 1. The molecule has 138 valence electrons. The van der Waals surface area contributed by atoms with Gasteiger partial charge in [0.1, 0.15) is 0 Å². The summed E-state index contributed by atoms with van der Waals surface area (Å²) < 4.78 is 27.6. The third-order valence-electron chi connectivity index (χ3n) is 5.31. The second-order valence-corrected chi connectivity index (χ2v) is 9.89. The first-order valence-electron chi connectivity index (χ1n) is 9.00. The molecule has 7 heteroatoms. The quantitative estimate of drug-likeness (QED) is 0.796. The Morgan fingerprint density at radius 2 is 1.84 bits per heavy atom. The zero-order valence-corrected chi connectivity index (χ0v) is 16.9. The van der Waals surface area contributed by atoms with Gasteiger partial charge in [0.15, 0.2) is 0 Å². The van der Waals surface area contributed by atoms with Crippen LogP contribution in [-0.2, 0) is 10.0 Å². The van der Waals surface area contributed by atoms with Gasteiger partial charge >= 0.3 is 0 Å². The Kier molecular flexibility index (Phi) is 5.85. The molecule has 1 saturated heterocycles. The summed E-state index contributed by atoms with van der Waals surface area (Å²) in [7, 11) is -3.52. The highest BCUT2D eigenvalue weighted by molar-refractivity contribution is 9.10. The zero-order valence-electron chi connectivity index (χ0n) is 14.5. The van der Waals surface area contributed by atoms with Crippen LogP contribution in [-0.4, -0.2) is 37.8 Å². The fourth-order valence-electron chi connectivity index (χ4n) is 3.69. The summed E-state index contributed by atoms with van der Waals surface area (Å²) >= 11 is 3.39. The molecular formula is C18H25BrN2O3S. The number of amides is 1. The van der Waals surface area contributed by atoms with Gasteiger partial charge in [0, 0.05) is 23.6 Å². The Bertz CT molecular complexity index is 745. The van der Waals surface area contributed by atoms with Crippen LogP contribution in [0.25, 0.3) is 0 Å². The van der Waals surface area contributed by atoms with Crippen LogP contribution in [0.4, 0.5) is 0 Å². The average Bonchev–Trinajstić information content (AvgIpc) is 3.12. The summed E-state index contributed by atoms with van der Waals surface area (Å²) in [5, 5.41) is 3.10. The van der Waals surface area contributed by atoms with Gasteiger partial charge in [-0.15, -0.1) is 0 Å². The van der Waals surface area contributed by atoms with Crippen LogP contribution in [0.15, 0.2) is 27.6 Å². The number of carbonyl (C=O) groups is 1. The SMILES string of the molecule is C[C@H]1CCCC[C@H]1NC(=O)c1cc(S(=O)(=O)N2CCCC2)ccc1Br. The fourth-order valence-corrected chi connectivity index (χ4v) is 5.66. The van der Waals surface area contributed by atoms with Gasteiger partial charge in [-0.3, -0.25) is 4.79 Å². The average molecular weight is 429 g/mol. The molecule has 2 fully saturated rings. The van der Waals surface area contributed by atoms with Crippen molar-refractivity contribution in [2.45, 2.75) is 56.4 Å². The Balaban J connectivity index is 1.82. The highest BCUT2D eigenvalue weighted by atomic mass is 79.9. The van der Waals surface area contributed by atoms with Gasteiger partial charge in [-0.05, 0) is 65.7 Å². The molecule has 0 radical (unpaired) electrons. The molecule has 2 aliphatic rings. The standard InChI is InChI=1S/C18H25BrN2O3S/c1-13-6-2-3-7-17(13)20-18(22)15-12-14(8-9-16(15)19)25(23,24)21-10-4-5-11-21/h8-9,12-13,17H,2-7,10-11H2,1H3,(H,20,22)/t13-,17+/m0/s1. The van der Waals surface area contributed by atoms with Crippen LogP contribution < -0.4 is 5.32 Å². The van der Waals surface area contributed by atoms with Crippen molar-refractivity contribution >= 4 is 31.9 Å². The lowest BCUT2D eigenvalue weighted by atomic mass is 9.86. The number of rotatable bonds is 4. The summed E-state index contributed by atoms with van der Waals surface area (Å²) in [6, 6.07) is 4.88. The summed E-state index contributed by atoms with van der Waals surface area (Å²) in [6.45, 7) is 3.27. The monoisotopic (exact) mass is 428 g/mol. The molecule has 1 aliphatic heterocycles. The highest BCUT2D eigenvalue weighted by Gasteiger charge is 2.29. The van der Waals surface area contributed by atoms with Gasteiger partial charge in [0.05, 0.1) is 10.5 Å². The van der Waals surface area contributed by atoms with Crippen molar-refractivity contribution in [3.8, 4) is 0 Å². The molecule has 1 heterocycles. The lowest BCUT2D eigenvalue weighted by molar-refractivity contribution is 0.0909. The van der Waals surface area contributed by atoms with Crippen molar-refractivity contribution < 1.29 is 13.2 Å². The summed E-state index contributed by atoms with van der Waals surface area (Å²) in [5.74, 6) is 0.247. The van der Waals surface area contributed by atoms with E-state index in [1.165, 1.54) is 16.8 Å². The third kappa shape index (κ3) is 4.09. The fraction of sp³-hybridized carbons (Fsp3) is 0.611. The number of carbonyl (C=O) groups excluding carboxylic acids is 1. The largest absolute Gasteiger partial charge is 0.349 e. The second kappa shape index (κ2) is 7.76. The summed E-state index contributed by atoms with van der Waals surface area (Å²) in [5.41, 5.74) is 0.387. The smallest absolute Gasteiger partial charge is 0.252 e. The molecule has 5 nitrogen and oxygen atoms in total. The third-order valence-corrected chi connectivity index (χ3v) is 7.90. The molecule has 1 N–H and O–H groups in total. The molecule has 0 spiro atoms. The van der Waals surface area contributed by atoms with Crippen molar-refractivity contribution in [1.82, 2.24) is 9.62 Å². The van der Waals surface area contributed by atoms with Gasteiger partial charge < -0.3 is 5.32 Å². The van der Waals surface area contributed by atoms with Crippen molar-refractivity contribution in [3.05, 3.63) is 28.2 Å². The second-order valence-electron chi connectivity index (χ2n) is 7.09. The van der Waals surface area contributed by atoms with Crippen molar-refractivity contribution in [3.63, 3.8) is 0 Å². The minimum Gasteiger partial charge on any atom is -0.349 e. The van der Waals surface area contributed by atoms with Crippen molar-refractivity contribution in [2.75, 3.05) is 13.1 Å². The predicted molar refractivity (Wildman–Crippen MR) is 101 cm³/mol. The van der Waals surface area contributed by atoms with Gasteiger partial charge in [0.25, 0.3) is 5.91 Å². The molecule has 2 atom stereocenters. The van der Waals surface area contributed by atoms with Crippen LogP contribution in [0.3, 0.4) is 0 Å². The van der Waals surface area contributed by atoms with E-state index in [4.69, 9.17) is 0 Å². The predicted octanol–water partition coefficient (Wildman–Crippen LogP) is 3.54. The molecule has 3 rings (SSSR count). The number of nitrogens with one attached hydrogen (secondary N) is 1. The molecule has 1 aromatic rings. The van der Waals surface area contributed by atoms with Crippen LogP contribution in [0.5, 0.6) is 0 Å². The van der Waals surface area contributed by atoms with E-state index in [-0.39, 0.29) is 16.8 Å². The molecular weight excluding hydrogens is 404 g/mol. The lowest BCUT2D eigenvalue weighted by Crippen LogP contribution is -2.41. The number of halogens is 1. The van der Waals surface area contributed by atoms with E-state index in [9.17, 15) is 13.2 Å². The van der Waals surface area contributed by atoms with Crippen molar-refractivity contribution in [2.24, 2.45) is 5.92 Å². The first-order valence-corrected chi connectivity index (χ1v) is 11.2. The summed E-state index contributed by atoms with van der Waals surface area (Å²) in [4.78, 5) is 12.9. The number of hydrogen-bond acceptors (Lipinski definition) is 3. The topological polar surface area (TPSA) is 66.5 Å². The van der Waals surface area contributed by atoms with Gasteiger partial charge in [-0.1, -0.05) is 19.8 Å². The normalized spacial score (nSPS) is 25.0. The molecule has 1 aliphatic carbocycles. The van der Waals surface area contributed by atoms with Crippen molar-refractivity contribution in [1.29, 1.82) is 0 Å². The van der Waals surface area contributed by atoms with E-state index >= 15 is 0 Å². The van der Waals surface area contributed by atoms with Crippen LogP contribution in [0, 0.1) is 5.92 Å². The first-order chi connectivity index (χ1) is 11.9. The maximum Gasteiger partial charge on any atom is 0.252 e. The molecule has 1 amide bonds. The van der Waals surface area contributed by atoms with Crippen LogP contribution in [0.1, 0.15) is 55.8 Å². The van der Waals surface area contributed by atoms with Gasteiger partial charge in [-0.25, -0.2) is 8.42 Å². The first kappa shape index (κ1) is 18.9. The Labute approximate surface area is 158 Å². The zero-order chi connectivity index (χ0) is 18.0. The lowest BCUT2D eigenvalue weighted by Gasteiger charge is -2.29. The minimum absolute atomic E-state index is 0.159. The molecule has 1 saturated carbocycles. The van der Waals surface area contributed by atoms with E-state index in [1.54, 1.807) is 12.1 Å². The number of nitrogens with zero attached hydrogens (tertiary/aromatic N) is 1. The van der Waals surface area contributed by atoms with E-state index in [2.05, 4.69) is 28.2 Å². The summed E-state index contributed by atoms with van der Waals surface area (Å²) in [6.07, 6.45) is 6.22. The van der Waals surface area contributed by atoms with E-state index in [0.717, 1.165) is 32.1 Å². The molecule has 0 unspecified atom stereocenters. The highest BCUT2D eigenvalue weighted by Crippen LogP contribution is 2.27. The maximum atomic E-state index is 12.7. The van der Waals surface area contributed by atoms with Crippen LogP contribution in [0.2, 0.25) is 0 Å². The molecule has 0 bridgehead atoms. The molecule has 25 heavy (non-hydrogen) atoms. The Hall–Kier alpha value is -0.920. The van der Waals surface area contributed by atoms with E-state index < -0.39 is 10.0 Å². The Morgan fingerprint density at radius 3 is 2.52 bits per heavy atom. The van der Waals surface area contributed by atoms with Gasteiger partial charge in [0.2, 0.25) is 10.0 Å². The Morgan fingerprint density at radius 1 is 1.16 bits per heavy atom. The number of benzene rings is 1. The van der Waals surface area contributed by atoms with Gasteiger partial charge in [-0.2, -0.15) is 4.31 Å². The molecule has 0 aromatic heterocycles. The van der Waals surface area contributed by atoms with E-state index in [1.807, 2.05) is 0 Å². The maximum absolute atomic E-state index is 12.7. The minimum atomic E-state index is -3.52.